The Morgan fingerprint density at radius 3 is 2.81 bits per heavy atom. The number of nitrogens with zero attached hydrogens (tertiary/aromatic N) is 4. The van der Waals surface area contributed by atoms with Gasteiger partial charge in [0.05, 0.1) is 6.20 Å². The summed E-state index contributed by atoms with van der Waals surface area (Å²) >= 11 is 0. The zero-order valence-corrected chi connectivity index (χ0v) is 16.4. The standard InChI is InChI=1S/C20H17N7O4/c1-10(28)11-3-2-4-14(7-11)31-20-24-16-12(8-15-17(29)25-19(30)23-15)9-21-27(16)18(26-20)22-13-5-6-13/h2-4,7-9,13H,5-6H2,1H3,(H,22,24,26)(H2,23,25,29,30)/b15-8-. The average Bonchev–Trinajstić information content (AvgIpc) is 3.37. The number of ether oxygens (including phenoxy) is 1. The lowest BCUT2D eigenvalue weighted by atomic mass is 10.1. The molecule has 0 spiro atoms. The third-order valence-corrected chi connectivity index (χ3v) is 4.75. The molecule has 11 nitrogen and oxygen atoms in total. The van der Waals surface area contributed by atoms with Gasteiger partial charge in [-0.2, -0.15) is 19.6 Å². The van der Waals surface area contributed by atoms with Crippen molar-refractivity contribution in [2.45, 2.75) is 25.8 Å². The minimum atomic E-state index is -0.590. The van der Waals surface area contributed by atoms with E-state index in [4.69, 9.17) is 4.74 Å². The number of rotatable bonds is 6. The van der Waals surface area contributed by atoms with E-state index in [9.17, 15) is 14.4 Å². The van der Waals surface area contributed by atoms with Crippen LogP contribution >= 0.6 is 0 Å². The smallest absolute Gasteiger partial charge is 0.327 e. The fraction of sp³-hybridized carbons (Fsp3) is 0.200. The Balaban J connectivity index is 1.56. The van der Waals surface area contributed by atoms with Crippen LogP contribution in [0.4, 0.5) is 10.7 Å². The number of hydrogen-bond acceptors (Lipinski definition) is 8. The molecule has 156 valence electrons. The molecule has 3 heterocycles. The van der Waals surface area contributed by atoms with Crippen LogP contribution in [0.25, 0.3) is 11.7 Å². The molecule has 1 aromatic carbocycles. The lowest BCUT2D eigenvalue weighted by molar-refractivity contribution is -0.115. The number of nitrogens with one attached hydrogen (secondary N) is 3. The summed E-state index contributed by atoms with van der Waals surface area (Å²) in [5, 5.41) is 12.2. The molecule has 0 unspecified atom stereocenters. The Morgan fingerprint density at radius 1 is 1.26 bits per heavy atom. The van der Waals surface area contributed by atoms with Gasteiger partial charge in [0.25, 0.3) is 5.91 Å². The van der Waals surface area contributed by atoms with Gasteiger partial charge in [0.2, 0.25) is 5.95 Å². The first-order chi connectivity index (χ1) is 15.0. The molecule has 1 saturated heterocycles. The summed E-state index contributed by atoms with van der Waals surface area (Å²) in [5.41, 5.74) is 1.48. The minimum Gasteiger partial charge on any atom is -0.424 e. The van der Waals surface area contributed by atoms with Crippen LogP contribution < -0.4 is 20.7 Å². The van der Waals surface area contributed by atoms with E-state index in [1.54, 1.807) is 24.3 Å². The van der Waals surface area contributed by atoms with E-state index in [0.29, 0.717) is 28.5 Å². The van der Waals surface area contributed by atoms with Crippen molar-refractivity contribution >= 4 is 35.4 Å². The number of benzene rings is 1. The summed E-state index contributed by atoms with van der Waals surface area (Å²) < 4.78 is 7.34. The number of carbonyl (C=O) groups excluding carboxylic acids is 3. The van der Waals surface area contributed by atoms with Gasteiger partial charge in [-0.15, -0.1) is 0 Å². The number of urea groups is 1. The zero-order chi connectivity index (χ0) is 21.5. The summed E-state index contributed by atoms with van der Waals surface area (Å²) in [6, 6.07) is 6.47. The number of imide groups is 1. The second kappa shape index (κ2) is 7.20. The van der Waals surface area contributed by atoms with Gasteiger partial charge in [0.1, 0.15) is 11.4 Å². The molecule has 3 aromatic rings. The van der Waals surface area contributed by atoms with E-state index in [1.807, 2.05) is 0 Å². The van der Waals surface area contributed by atoms with Crippen molar-refractivity contribution in [3.63, 3.8) is 0 Å². The second-order valence-corrected chi connectivity index (χ2v) is 7.24. The van der Waals surface area contributed by atoms with Crippen LogP contribution in [0, 0.1) is 0 Å². The highest BCUT2D eigenvalue weighted by Gasteiger charge is 2.26. The van der Waals surface area contributed by atoms with E-state index >= 15 is 0 Å². The third kappa shape index (κ3) is 3.80. The van der Waals surface area contributed by atoms with Gasteiger partial charge < -0.3 is 15.4 Å². The summed E-state index contributed by atoms with van der Waals surface area (Å²) in [4.78, 5) is 43.8. The second-order valence-electron chi connectivity index (χ2n) is 7.24. The number of carbonyl (C=O) groups is 3. The molecule has 11 heteroatoms. The maximum absolute atomic E-state index is 11.9. The molecule has 1 saturated carbocycles. The van der Waals surface area contributed by atoms with E-state index in [0.717, 1.165) is 12.8 Å². The van der Waals surface area contributed by atoms with E-state index < -0.39 is 11.9 Å². The first-order valence-corrected chi connectivity index (χ1v) is 9.61. The Morgan fingerprint density at radius 2 is 2.10 bits per heavy atom. The van der Waals surface area contributed by atoms with Crippen molar-refractivity contribution in [2.75, 3.05) is 5.32 Å². The van der Waals surface area contributed by atoms with Gasteiger partial charge in [0, 0.05) is 17.2 Å². The fourth-order valence-electron chi connectivity index (χ4n) is 3.05. The van der Waals surface area contributed by atoms with Crippen LogP contribution in [0.3, 0.4) is 0 Å². The Bertz CT molecular complexity index is 1280. The Hall–Kier alpha value is -4.28. The highest BCUT2D eigenvalue weighted by Crippen LogP contribution is 2.27. The van der Waals surface area contributed by atoms with Gasteiger partial charge in [0.15, 0.2) is 11.4 Å². The molecular weight excluding hydrogens is 402 g/mol. The molecule has 2 fully saturated rings. The van der Waals surface area contributed by atoms with E-state index in [2.05, 4.69) is 31.0 Å². The van der Waals surface area contributed by atoms with Gasteiger partial charge >= 0.3 is 12.0 Å². The predicted octanol–water partition coefficient (Wildman–Crippen LogP) is 1.87. The summed E-state index contributed by atoms with van der Waals surface area (Å²) in [6.07, 6.45) is 5.04. The van der Waals surface area contributed by atoms with Crippen molar-refractivity contribution < 1.29 is 19.1 Å². The zero-order valence-electron chi connectivity index (χ0n) is 16.4. The van der Waals surface area contributed by atoms with Crippen LogP contribution in [0.15, 0.2) is 36.2 Å². The number of aromatic nitrogens is 4. The molecule has 2 aromatic heterocycles. The maximum Gasteiger partial charge on any atom is 0.327 e. The molecular formula is C20H17N7O4. The highest BCUT2D eigenvalue weighted by atomic mass is 16.5. The molecule has 2 aliphatic rings. The third-order valence-electron chi connectivity index (χ3n) is 4.75. The van der Waals surface area contributed by atoms with Crippen LogP contribution in [-0.4, -0.2) is 43.3 Å². The van der Waals surface area contributed by atoms with Crippen LogP contribution in [0.5, 0.6) is 11.8 Å². The lowest BCUT2D eigenvalue weighted by Crippen LogP contribution is -2.22. The molecule has 0 radical (unpaired) electrons. The normalized spacial score (nSPS) is 17.0. The topological polar surface area (TPSA) is 140 Å². The van der Waals surface area contributed by atoms with Crippen molar-refractivity contribution in [1.29, 1.82) is 0 Å². The first kappa shape index (κ1) is 18.7. The van der Waals surface area contributed by atoms with Gasteiger partial charge in [-0.25, -0.2) is 4.79 Å². The highest BCUT2D eigenvalue weighted by molar-refractivity contribution is 6.14. The Kier molecular flexibility index (Phi) is 4.35. The van der Waals surface area contributed by atoms with Crippen LogP contribution in [-0.2, 0) is 4.79 Å². The predicted molar refractivity (Wildman–Crippen MR) is 109 cm³/mol. The molecule has 3 amide bonds. The number of Topliss-reactive ketones (excluding diaryl/α,β-unsaturated/α-hetero) is 1. The Labute approximate surface area is 175 Å². The lowest BCUT2D eigenvalue weighted by Gasteiger charge is -2.10. The largest absolute Gasteiger partial charge is 0.424 e. The van der Waals surface area contributed by atoms with Crippen LogP contribution in [0.1, 0.15) is 35.7 Å². The van der Waals surface area contributed by atoms with Crippen LogP contribution in [0.2, 0.25) is 0 Å². The molecule has 0 bridgehead atoms. The van der Waals surface area contributed by atoms with Gasteiger partial charge in [-0.3, -0.25) is 14.9 Å². The van der Waals surface area contributed by atoms with Gasteiger partial charge in [-0.05, 0) is 38.0 Å². The minimum absolute atomic E-state index is 0.0522. The first-order valence-electron chi connectivity index (χ1n) is 9.61. The van der Waals surface area contributed by atoms with Crippen molar-refractivity contribution in [3.8, 4) is 11.8 Å². The van der Waals surface area contributed by atoms with E-state index in [1.165, 1.54) is 23.7 Å². The quantitative estimate of drug-likeness (QED) is 0.313. The van der Waals surface area contributed by atoms with Crippen molar-refractivity contribution in [2.24, 2.45) is 0 Å². The number of fused-ring (bicyclic) bond motifs is 1. The number of anilines is 1. The van der Waals surface area contributed by atoms with E-state index in [-0.39, 0.29) is 23.5 Å². The van der Waals surface area contributed by atoms with Gasteiger partial charge in [-0.1, -0.05) is 12.1 Å². The molecule has 31 heavy (non-hydrogen) atoms. The monoisotopic (exact) mass is 419 g/mol. The molecule has 0 atom stereocenters. The SMILES string of the molecule is CC(=O)c1cccc(Oc2nc(NC3CC3)n3ncc(/C=C4\NC(=O)NC4=O)c3n2)c1. The summed E-state index contributed by atoms with van der Waals surface area (Å²) in [6.45, 7) is 1.48. The average molecular weight is 419 g/mol. The summed E-state index contributed by atoms with van der Waals surface area (Å²) in [7, 11) is 0. The number of ketones is 1. The number of amides is 3. The van der Waals surface area contributed by atoms with Crippen molar-refractivity contribution in [1.82, 2.24) is 30.2 Å². The fourth-order valence-corrected chi connectivity index (χ4v) is 3.05. The number of hydrogen-bond donors (Lipinski definition) is 3. The molecule has 3 N–H and O–H groups in total. The maximum atomic E-state index is 11.9. The van der Waals surface area contributed by atoms with Crippen molar-refractivity contribution in [3.05, 3.63) is 47.3 Å². The molecule has 1 aliphatic carbocycles. The molecule has 5 rings (SSSR count). The summed E-state index contributed by atoms with van der Waals surface area (Å²) in [5.74, 6) is 0.234. The molecule has 1 aliphatic heterocycles.